The number of rotatable bonds is 6. The van der Waals surface area contributed by atoms with Gasteiger partial charge >= 0.3 is 0 Å². The molecule has 3 rings (SSSR count). The zero-order chi connectivity index (χ0) is 16.9. The predicted octanol–water partition coefficient (Wildman–Crippen LogP) is 2.90. The van der Waals surface area contributed by atoms with Crippen LogP contribution in [0.4, 0.5) is 0 Å². The molecule has 24 heavy (non-hydrogen) atoms. The van der Waals surface area contributed by atoms with E-state index >= 15 is 0 Å². The molecule has 2 atom stereocenters. The molecule has 1 aliphatic rings. The first-order chi connectivity index (χ1) is 11.6. The van der Waals surface area contributed by atoms with Crippen molar-refractivity contribution in [3.8, 4) is 0 Å². The number of halogens is 1. The van der Waals surface area contributed by atoms with Gasteiger partial charge in [0.25, 0.3) is 0 Å². The molecule has 1 saturated heterocycles. The van der Waals surface area contributed by atoms with Crippen molar-refractivity contribution in [3.05, 3.63) is 52.8 Å². The number of hydrogen-bond acceptors (Lipinski definition) is 4. The van der Waals surface area contributed by atoms with Gasteiger partial charge in [0.1, 0.15) is 6.10 Å². The lowest BCUT2D eigenvalue weighted by Gasteiger charge is -2.33. The van der Waals surface area contributed by atoms with Crippen LogP contribution in [0.3, 0.4) is 0 Å². The van der Waals surface area contributed by atoms with E-state index in [-0.39, 0.29) is 6.10 Å². The average molecular weight is 350 g/mol. The molecule has 1 aromatic heterocycles. The molecule has 0 bridgehead atoms. The number of ether oxygens (including phenoxy) is 2. The summed E-state index contributed by atoms with van der Waals surface area (Å²) in [6.07, 6.45) is 3.72. The second-order valence-electron chi connectivity index (χ2n) is 6.21. The molecule has 2 aromatic rings. The Bertz CT molecular complexity index is 638. The van der Waals surface area contributed by atoms with Crippen LogP contribution in [0.15, 0.2) is 36.7 Å². The largest absolute Gasteiger partial charge is 0.379 e. The van der Waals surface area contributed by atoms with E-state index in [0.29, 0.717) is 12.6 Å². The van der Waals surface area contributed by atoms with Crippen LogP contribution < -0.4 is 0 Å². The van der Waals surface area contributed by atoms with Gasteiger partial charge in [-0.3, -0.25) is 9.58 Å². The Morgan fingerprint density at radius 2 is 1.92 bits per heavy atom. The summed E-state index contributed by atoms with van der Waals surface area (Å²) in [6.45, 7) is 6.38. The lowest BCUT2D eigenvalue weighted by Crippen LogP contribution is -2.44. The van der Waals surface area contributed by atoms with Crippen LogP contribution in [-0.4, -0.2) is 53.6 Å². The third kappa shape index (κ3) is 4.36. The second-order valence-corrected chi connectivity index (χ2v) is 6.65. The van der Waals surface area contributed by atoms with Crippen LogP contribution in [-0.2, 0) is 16.5 Å². The summed E-state index contributed by atoms with van der Waals surface area (Å²) in [7, 11) is 1.92. The lowest BCUT2D eigenvalue weighted by atomic mass is 10.0. The molecule has 130 valence electrons. The fraction of sp³-hybridized carbons (Fsp3) is 0.500. The molecule has 2 heterocycles. The fourth-order valence-electron chi connectivity index (χ4n) is 2.96. The standard InChI is InChI=1S/C18H24ClN3O2/c1-14(22-7-9-23-10-8-22)13-24-18(16-11-20-21(2)12-16)15-3-5-17(19)6-4-15/h3-6,11-12,14,18H,7-10,13H2,1-2H3. The van der Waals surface area contributed by atoms with Crippen LogP contribution in [0.25, 0.3) is 0 Å². The predicted molar refractivity (Wildman–Crippen MR) is 94.3 cm³/mol. The van der Waals surface area contributed by atoms with Gasteiger partial charge in [-0.1, -0.05) is 23.7 Å². The van der Waals surface area contributed by atoms with Crippen molar-refractivity contribution in [3.63, 3.8) is 0 Å². The van der Waals surface area contributed by atoms with Crippen LogP contribution in [0, 0.1) is 0 Å². The Labute approximate surface area is 148 Å². The number of hydrogen-bond donors (Lipinski definition) is 0. The second kappa shape index (κ2) is 8.12. The zero-order valence-corrected chi connectivity index (χ0v) is 14.9. The Morgan fingerprint density at radius 1 is 1.21 bits per heavy atom. The van der Waals surface area contributed by atoms with Gasteiger partial charge in [-0.15, -0.1) is 0 Å². The third-order valence-electron chi connectivity index (χ3n) is 4.37. The molecule has 5 nitrogen and oxygen atoms in total. The molecule has 0 amide bonds. The molecule has 1 aromatic carbocycles. The highest BCUT2D eigenvalue weighted by atomic mass is 35.5. The van der Waals surface area contributed by atoms with Crippen molar-refractivity contribution in [2.75, 3.05) is 32.9 Å². The van der Waals surface area contributed by atoms with E-state index in [2.05, 4.69) is 16.9 Å². The van der Waals surface area contributed by atoms with Gasteiger partial charge < -0.3 is 9.47 Å². The number of aryl methyl sites for hydroxylation is 1. The van der Waals surface area contributed by atoms with Gasteiger partial charge in [0, 0.05) is 43.0 Å². The normalized spacial score (nSPS) is 18.5. The van der Waals surface area contributed by atoms with E-state index in [1.54, 1.807) is 4.68 Å². The van der Waals surface area contributed by atoms with E-state index < -0.39 is 0 Å². The van der Waals surface area contributed by atoms with Crippen LogP contribution in [0.5, 0.6) is 0 Å². The first-order valence-corrected chi connectivity index (χ1v) is 8.68. The summed E-state index contributed by atoms with van der Waals surface area (Å²) < 4.78 is 13.5. The van der Waals surface area contributed by atoms with Crippen LogP contribution in [0.1, 0.15) is 24.2 Å². The van der Waals surface area contributed by atoms with E-state index in [0.717, 1.165) is 42.5 Å². The first kappa shape index (κ1) is 17.4. The molecule has 0 aliphatic carbocycles. The van der Waals surface area contributed by atoms with Crippen molar-refractivity contribution in [2.45, 2.75) is 19.1 Å². The molecular formula is C18H24ClN3O2. The summed E-state index contributed by atoms with van der Waals surface area (Å²) in [4.78, 5) is 2.41. The fourth-order valence-corrected chi connectivity index (χ4v) is 3.08. The van der Waals surface area contributed by atoms with Gasteiger partial charge in [-0.25, -0.2) is 0 Å². The van der Waals surface area contributed by atoms with E-state index in [9.17, 15) is 0 Å². The van der Waals surface area contributed by atoms with Gasteiger partial charge in [0.05, 0.1) is 26.0 Å². The molecule has 1 fully saturated rings. The Hall–Kier alpha value is -1.40. The van der Waals surface area contributed by atoms with Gasteiger partial charge in [0.15, 0.2) is 0 Å². The SMILES string of the molecule is CC(COC(c1ccc(Cl)cc1)c1cnn(C)c1)N1CCOCC1. The minimum atomic E-state index is -0.139. The van der Waals surface area contributed by atoms with Crippen LogP contribution in [0.2, 0.25) is 5.02 Å². The monoisotopic (exact) mass is 349 g/mol. The molecule has 0 spiro atoms. The maximum atomic E-state index is 6.30. The zero-order valence-electron chi connectivity index (χ0n) is 14.2. The highest BCUT2D eigenvalue weighted by Crippen LogP contribution is 2.27. The van der Waals surface area contributed by atoms with Gasteiger partial charge in [-0.05, 0) is 24.6 Å². The summed E-state index contributed by atoms with van der Waals surface area (Å²) in [5.74, 6) is 0. The highest BCUT2D eigenvalue weighted by Gasteiger charge is 2.21. The first-order valence-electron chi connectivity index (χ1n) is 8.31. The average Bonchev–Trinajstić information content (AvgIpc) is 3.03. The smallest absolute Gasteiger partial charge is 0.111 e. The Morgan fingerprint density at radius 3 is 2.54 bits per heavy atom. The molecular weight excluding hydrogens is 326 g/mol. The van der Waals surface area contributed by atoms with Crippen molar-refractivity contribution >= 4 is 11.6 Å². The van der Waals surface area contributed by atoms with Crippen molar-refractivity contribution in [1.29, 1.82) is 0 Å². The minimum absolute atomic E-state index is 0.139. The van der Waals surface area contributed by atoms with E-state index in [1.807, 2.05) is 43.7 Å². The van der Waals surface area contributed by atoms with Crippen molar-refractivity contribution in [2.24, 2.45) is 7.05 Å². The maximum absolute atomic E-state index is 6.30. The molecule has 0 radical (unpaired) electrons. The quantitative estimate of drug-likeness (QED) is 0.804. The highest BCUT2D eigenvalue weighted by molar-refractivity contribution is 6.30. The van der Waals surface area contributed by atoms with Gasteiger partial charge in [0.2, 0.25) is 0 Å². The van der Waals surface area contributed by atoms with Crippen molar-refractivity contribution in [1.82, 2.24) is 14.7 Å². The summed E-state index contributed by atoms with van der Waals surface area (Å²) in [5, 5.41) is 5.01. The van der Waals surface area contributed by atoms with Gasteiger partial charge in [-0.2, -0.15) is 5.10 Å². The molecule has 0 N–H and O–H groups in total. The summed E-state index contributed by atoms with van der Waals surface area (Å²) in [5.41, 5.74) is 2.13. The number of aromatic nitrogens is 2. The minimum Gasteiger partial charge on any atom is -0.379 e. The lowest BCUT2D eigenvalue weighted by molar-refractivity contribution is -0.0173. The van der Waals surface area contributed by atoms with E-state index in [1.165, 1.54) is 0 Å². The molecule has 6 heteroatoms. The molecule has 2 unspecified atom stereocenters. The molecule has 0 saturated carbocycles. The maximum Gasteiger partial charge on any atom is 0.111 e. The van der Waals surface area contributed by atoms with E-state index in [4.69, 9.17) is 21.1 Å². The number of morpholine rings is 1. The Kier molecular flexibility index (Phi) is 5.89. The molecule has 1 aliphatic heterocycles. The van der Waals surface area contributed by atoms with Crippen LogP contribution >= 0.6 is 11.6 Å². The number of benzene rings is 1. The Balaban J connectivity index is 1.71. The summed E-state index contributed by atoms with van der Waals surface area (Å²) >= 11 is 6.02. The topological polar surface area (TPSA) is 39.5 Å². The van der Waals surface area contributed by atoms with Crippen molar-refractivity contribution < 1.29 is 9.47 Å². The number of nitrogens with zero attached hydrogens (tertiary/aromatic N) is 3. The summed E-state index contributed by atoms with van der Waals surface area (Å²) in [6, 6.07) is 8.17. The third-order valence-corrected chi connectivity index (χ3v) is 4.63.